The van der Waals surface area contributed by atoms with Crippen LogP contribution in [0.2, 0.25) is 0 Å². The standard InChI is InChI=1S/C19H25N3O3/c1-5-22-12-14(10-21-22)17(24)18(25)20-11-16(23)13-6-8-15(9-7-13)19(2,3)4/h6-10,12,16,23H,5,11H2,1-4H3,(H,20,25). The van der Waals surface area contributed by atoms with Gasteiger partial charge >= 0.3 is 0 Å². The molecule has 0 saturated heterocycles. The number of amides is 1. The Morgan fingerprint density at radius 3 is 2.40 bits per heavy atom. The zero-order valence-corrected chi connectivity index (χ0v) is 15.1. The van der Waals surface area contributed by atoms with Crippen LogP contribution in [0.25, 0.3) is 0 Å². The number of aliphatic hydroxyl groups excluding tert-OH is 1. The molecular formula is C19H25N3O3. The lowest BCUT2D eigenvalue weighted by atomic mass is 9.86. The SMILES string of the molecule is CCn1cc(C(=O)C(=O)NCC(O)c2ccc(C(C)(C)C)cc2)cn1. The molecule has 2 rings (SSSR count). The lowest BCUT2D eigenvalue weighted by Crippen LogP contribution is -2.34. The number of nitrogens with one attached hydrogen (secondary N) is 1. The summed E-state index contributed by atoms with van der Waals surface area (Å²) >= 11 is 0. The van der Waals surface area contributed by atoms with E-state index in [2.05, 4.69) is 31.2 Å². The molecule has 0 aliphatic rings. The van der Waals surface area contributed by atoms with Crippen LogP contribution in [0, 0.1) is 0 Å². The monoisotopic (exact) mass is 343 g/mol. The largest absolute Gasteiger partial charge is 0.387 e. The van der Waals surface area contributed by atoms with Gasteiger partial charge in [0.15, 0.2) is 0 Å². The zero-order chi connectivity index (χ0) is 18.6. The summed E-state index contributed by atoms with van der Waals surface area (Å²) < 4.78 is 1.58. The first-order valence-electron chi connectivity index (χ1n) is 8.36. The summed E-state index contributed by atoms with van der Waals surface area (Å²) in [5.41, 5.74) is 2.13. The number of rotatable bonds is 6. The van der Waals surface area contributed by atoms with Crippen LogP contribution in [0.1, 0.15) is 55.3 Å². The molecule has 0 bridgehead atoms. The third kappa shape index (κ3) is 4.76. The number of carbonyl (C=O) groups is 2. The summed E-state index contributed by atoms with van der Waals surface area (Å²) in [7, 11) is 0. The van der Waals surface area contributed by atoms with Crippen molar-refractivity contribution in [3.8, 4) is 0 Å². The molecule has 134 valence electrons. The van der Waals surface area contributed by atoms with Crippen molar-refractivity contribution in [1.29, 1.82) is 0 Å². The second kappa shape index (κ2) is 7.61. The molecule has 2 N–H and O–H groups in total. The van der Waals surface area contributed by atoms with E-state index in [4.69, 9.17) is 0 Å². The topological polar surface area (TPSA) is 84.2 Å². The molecule has 1 unspecified atom stereocenters. The summed E-state index contributed by atoms with van der Waals surface area (Å²) in [4.78, 5) is 24.0. The summed E-state index contributed by atoms with van der Waals surface area (Å²) in [6, 6.07) is 7.60. The first kappa shape index (κ1) is 18.9. The first-order valence-corrected chi connectivity index (χ1v) is 8.36. The molecule has 0 saturated carbocycles. The number of Topliss-reactive ketones (excluding diaryl/α,β-unsaturated/α-hetero) is 1. The lowest BCUT2D eigenvalue weighted by Gasteiger charge is -2.20. The number of hydrogen-bond donors (Lipinski definition) is 2. The highest BCUT2D eigenvalue weighted by atomic mass is 16.3. The van der Waals surface area contributed by atoms with Gasteiger partial charge in [0.25, 0.3) is 11.7 Å². The minimum absolute atomic E-state index is 0.0264. The normalized spacial score (nSPS) is 12.7. The number of nitrogens with zero attached hydrogens (tertiary/aromatic N) is 2. The van der Waals surface area contributed by atoms with Crippen molar-refractivity contribution < 1.29 is 14.7 Å². The molecule has 1 heterocycles. The van der Waals surface area contributed by atoms with E-state index in [0.717, 1.165) is 5.56 Å². The molecule has 0 aliphatic carbocycles. The van der Waals surface area contributed by atoms with Gasteiger partial charge in [0.05, 0.1) is 17.9 Å². The predicted molar refractivity (Wildman–Crippen MR) is 95.3 cm³/mol. The summed E-state index contributed by atoms with van der Waals surface area (Å²) in [5.74, 6) is -1.41. The van der Waals surface area contributed by atoms with Gasteiger partial charge in [-0.25, -0.2) is 0 Å². The van der Waals surface area contributed by atoms with Gasteiger partial charge in [-0.2, -0.15) is 5.10 Å². The lowest BCUT2D eigenvalue weighted by molar-refractivity contribution is -0.117. The third-order valence-corrected chi connectivity index (χ3v) is 4.04. The van der Waals surface area contributed by atoms with Gasteiger partial charge in [-0.15, -0.1) is 0 Å². The van der Waals surface area contributed by atoms with E-state index in [1.807, 2.05) is 31.2 Å². The highest BCUT2D eigenvalue weighted by Gasteiger charge is 2.19. The third-order valence-electron chi connectivity index (χ3n) is 4.04. The summed E-state index contributed by atoms with van der Waals surface area (Å²) in [5, 5.41) is 16.7. The molecule has 0 fully saturated rings. The molecule has 6 nitrogen and oxygen atoms in total. The van der Waals surface area contributed by atoms with Crippen LogP contribution in [0.4, 0.5) is 0 Å². The Morgan fingerprint density at radius 2 is 1.88 bits per heavy atom. The first-order chi connectivity index (χ1) is 11.7. The van der Waals surface area contributed by atoms with Gasteiger partial charge in [0.2, 0.25) is 0 Å². The molecule has 1 atom stereocenters. The molecule has 6 heteroatoms. The number of aromatic nitrogens is 2. The summed E-state index contributed by atoms with van der Waals surface area (Å²) in [6.07, 6.45) is 2.03. The number of carbonyl (C=O) groups excluding carboxylic acids is 2. The van der Waals surface area contributed by atoms with Crippen LogP contribution in [0.5, 0.6) is 0 Å². The van der Waals surface area contributed by atoms with E-state index >= 15 is 0 Å². The molecule has 1 amide bonds. The minimum atomic E-state index is -0.871. The van der Waals surface area contributed by atoms with Gasteiger partial charge in [-0.05, 0) is 23.5 Å². The van der Waals surface area contributed by atoms with Crippen molar-refractivity contribution in [2.24, 2.45) is 0 Å². The fourth-order valence-electron chi connectivity index (χ4n) is 2.38. The molecular weight excluding hydrogens is 318 g/mol. The highest BCUT2D eigenvalue weighted by molar-refractivity contribution is 6.42. The van der Waals surface area contributed by atoms with E-state index in [-0.39, 0.29) is 17.5 Å². The van der Waals surface area contributed by atoms with Crippen LogP contribution in [0.3, 0.4) is 0 Å². The average molecular weight is 343 g/mol. The molecule has 25 heavy (non-hydrogen) atoms. The van der Waals surface area contributed by atoms with Crippen molar-refractivity contribution in [3.63, 3.8) is 0 Å². The van der Waals surface area contributed by atoms with Gasteiger partial charge in [-0.1, -0.05) is 45.0 Å². The van der Waals surface area contributed by atoms with Gasteiger partial charge < -0.3 is 10.4 Å². The molecule has 0 radical (unpaired) electrons. The van der Waals surface area contributed by atoms with Crippen molar-refractivity contribution in [1.82, 2.24) is 15.1 Å². The van der Waals surface area contributed by atoms with Crippen LogP contribution >= 0.6 is 0 Å². The number of hydrogen-bond acceptors (Lipinski definition) is 4. The average Bonchev–Trinajstić information content (AvgIpc) is 3.07. The van der Waals surface area contributed by atoms with E-state index in [1.54, 1.807) is 4.68 Å². The van der Waals surface area contributed by atoms with E-state index in [0.29, 0.717) is 12.1 Å². The van der Waals surface area contributed by atoms with Crippen molar-refractivity contribution >= 4 is 11.7 Å². The quantitative estimate of drug-likeness (QED) is 0.622. The van der Waals surface area contributed by atoms with Crippen LogP contribution in [0.15, 0.2) is 36.7 Å². The summed E-state index contributed by atoms with van der Waals surface area (Å²) in [6.45, 7) is 8.84. The maximum atomic E-state index is 12.0. The highest BCUT2D eigenvalue weighted by Crippen LogP contribution is 2.23. The Balaban J connectivity index is 1.93. The Bertz CT molecular complexity index is 742. The van der Waals surface area contributed by atoms with Gasteiger partial charge in [0, 0.05) is 19.3 Å². The second-order valence-electron chi connectivity index (χ2n) is 7.01. The molecule has 1 aromatic carbocycles. The Hall–Kier alpha value is -2.47. The predicted octanol–water partition coefficient (Wildman–Crippen LogP) is 2.23. The molecule has 1 aromatic heterocycles. The Morgan fingerprint density at radius 1 is 1.24 bits per heavy atom. The van der Waals surface area contributed by atoms with E-state index < -0.39 is 17.8 Å². The van der Waals surface area contributed by atoms with E-state index in [1.165, 1.54) is 12.4 Å². The number of aryl methyl sites for hydroxylation is 1. The fraction of sp³-hybridized carbons (Fsp3) is 0.421. The minimum Gasteiger partial charge on any atom is -0.387 e. The van der Waals surface area contributed by atoms with Crippen LogP contribution in [-0.4, -0.2) is 33.1 Å². The van der Waals surface area contributed by atoms with Crippen LogP contribution < -0.4 is 5.32 Å². The van der Waals surface area contributed by atoms with Crippen molar-refractivity contribution in [3.05, 3.63) is 53.3 Å². The molecule has 0 aliphatic heterocycles. The Labute approximate surface area is 147 Å². The second-order valence-corrected chi connectivity index (χ2v) is 7.01. The molecule has 2 aromatic rings. The maximum absolute atomic E-state index is 12.0. The smallest absolute Gasteiger partial charge is 0.292 e. The number of ketones is 1. The number of benzene rings is 1. The van der Waals surface area contributed by atoms with E-state index in [9.17, 15) is 14.7 Å². The van der Waals surface area contributed by atoms with Gasteiger partial charge in [-0.3, -0.25) is 14.3 Å². The number of aliphatic hydroxyl groups is 1. The Kier molecular flexibility index (Phi) is 5.74. The maximum Gasteiger partial charge on any atom is 0.292 e. The zero-order valence-electron chi connectivity index (χ0n) is 15.1. The fourth-order valence-corrected chi connectivity index (χ4v) is 2.38. The van der Waals surface area contributed by atoms with Gasteiger partial charge in [0.1, 0.15) is 0 Å². The van der Waals surface area contributed by atoms with Crippen molar-refractivity contribution in [2.75, 3.05) is 6.54 Å². The molecule has 0 spiro atoms. The van der Waals surface area contributed by atoms with Crippen LogP contribution in [-0.2, 0) is 16.8 Å². The van der Waals surface area contributed by atoms with Crippen molar-refractivity contribution in [2.45, 2.75) is 45.8 Å².